The summed E-state index contributed by atoms with van der Waals surface area (Å²) in [4.78, 5) is 0. The van der Waals surface area contributed by atoms with E-state index in [4.69, 9.17) is 4.74 Å². The Balaban J connectivity index is 0. The van der Waals surface area contributed by atoms with Crippen LogP contribution in [0, 0.1) is 23.2 Å². The summed E-state index contributed by atoms with van der Waals surface area (Å²) in [6.07, 6.45) is 26.0. The number of hydrogen-bond acceptors (Lipinski definition) is 3. The van der Waals surface area contributed by atoms with Gasteiger partial charge in [-0.15, -0.1) is 0 Å². The second-order valence-corrected chi connectivity index (χ2v) is 11.4. The van der Waals surface area contributed by atoms with Gasteiger partial charge >= 0.3 is 51.4 Å². The number of aliphatic hydroxyl groups excluding tert-OH is 1. The molecule has 2 aliphatic carbocycles. The van der Waals surface area contributed by atoms with Crippen molar-refractivity contribution >= 4 is 13.5 Å². The van der Waals surface area contributed by atoms with E-state index < -0.39 is 0 Å². The summed E-state index contributed by atoms with van der Waals surface area (Å²) >= 11 is 0. The minimum absolute atomic E-state index is 0. The van der Waals surface area contributed by atoms with E-state index in [9.17, 15) is 5.11 Å². The van der Waals surface area contributed by atoms with E-state index in [-0.39, 0.29) is 76.6 Å². The van der Waals surface area contributed by atoms with Gasteiger partial charge in [0.1, 0.15) is 5.60 Å². The summed E-state index contributed by atoms with van der Waals surface area (Å²) in [5, 5.41) is 9.97. The third-order valence-electron chi connectivity index (χ3n) is 9.07. The number of unbranched alkanes of at least 4 members (excludes halogenated alkanes) is 1. The molecule has 6 atom stereocenters. The fraction of sp³-hybridized carbons (Fsp3) is 0.818. The number of allylic oxidation sites excluding steroid dienone is 5. The summed E-state index contributed by atoms with van der Waals surface area (Å²) < 4.78 is 5.54. The fourth-order valence-electron chi connectivity index (χ4n) is 5.65. The molecule has 1 heterocycles. The van der Waals surface area contributed by atoms with E-state index >= 15 is 0 Å². The van der Waals surface area contributed by atoms with Gasteiger partial charge < -0.3 is 23.3 Å². The average Bonchev–Trinajstić information content (AvgIpc) is 3.66. The Morgan fingerprint density at radius 3 is 2.27 bits per heavy atom. The first-order valence-corrected chi connectivity index (χ1v) is 15.2. The van der Waals surface area contributed by atoms with Crippen LogP contribution in [0.5, 0.6) is 0 Å². The van der Waals surface area contributed by atoms with Crippen LogP contribution in [0.15, 0.2) is 36.0 Å². The Kier molecular flexibility index (Phi) is 23.7. The molecule has 212 valence electrons. The van der Waals surface area contributed by atoms with E-state index in [0.29, 0.717) is 23.2 Å². The van der Waals surface area contributed by atoms with Crippen LogP contribution >= 0.6 is 0 Å². The molecule has 2 saturated carbocycles. The maximum atomic E-state index is 9.97. The SMILES string of the molecule is CC.CCC1(/C=C/C=C/CC(C)C2(C)CCC/C(=C\CC3CCCC(O)C3)C2C)CO1.CCCC.[K+].[SH-]. The van der Waals surface area contributed by atoms with Gasteiger partial charge in [-0.1, -0.05) is 111 Å². The standard InChI is InChI=1S/C27H44O2.C4H10.C2H6.K.H2S/c1-5-27(20-29-27)18-8-6-7-11-21(2)26(4)17-10-13-24(22(26)3)16-15-23-12-9-14-25(28)19-23;1-3-4-2;1-2;;/h6-8,16,18,21-23,25,28H,5,9-15,17,19-20H2,1-4H3;3-4H2,1-2H3;1-2H3;;1H2/q;;;+1;/p-1/b7-6+,18-8+,24-16+;;;;. The molecule has 0 spiro atoms. The first kappa shape index (κ1) is 40.3. The number of hydrogen-bond donors (Lipinski definition) is 1. The van der Waals surface area contributed by atoms with Crippen LogP contribution in [0.1, 0.15) is 132 Å². The van der Waals surface area contributed by atoms with Gasteiger partial charge in [-0.2, -0.15) is 0 Å². The monoisotopic (exact) mass is 560 g/mol. The maximum Gasteiger partial charge on any atom is 1.00 e. The van der Waals surface area contributed by atoms with Gasteiger partial charge in [0.15, 0.2) is 0 Å². The van der Waals surface area contributed by atoms with Crippen molar-refractivity contribution in [1.29, 1.82) is 0 Å². The molecule has 3 fully saturated rings. The first-order chi connectivity index (χ1) is 16.8. The van der Waals surface area contributed by atoms with E-state index in [1.807, 2.05) is 13.8 Å². The van der Waals surface area contributed by atoms with Crippen LogP contribution in [-0.2, 0) is 18.2 Å². The average molecular weight is 561 g/mol. The third kappa shape index (κ3) is 14.0. The molecule has 6 unspecified atom stereocenters. The van der Waals surface area contributed by atoms with E-state index in [2.05, 4.69) is 71.9 Å². The number of epoxide rings is 1. The van der Waals surface area contributed by atoms with Gasteiger partial charge in [-0.3, -0.25) is 0 Å². The molecule has 0 aromatic heterocycles. The summed E-state index contributed by atoms with van der Waals surface area (Å²) in [6.45, 7) is 18.9. The third-order valence-corrected chi connectivity index (χ3v) is 9.07. The molecule has 0 aromatic carbocycles. The molecular weight excluding hydrogens is 500 g/mol. The molecule has 3 rings (SSSR count). The van der Waals surface area contributed by atoms with Crippen molar-refractivity contribution < 1.29 is 61.2 Å². The summed E-state index contributed by atoms with van der Waals surface area (Å²) in [7, 11) is 0. The Bertz CT molecular complexity index is 653. The normalized spacial score (nSPS) is 32.9. The van der Waals surface area contributed by atoms with Crippen LogP contribution < -0.4 is 51.4 Å². The smallest absolute Gasteiger partial charge is 0.813 e. The minimum Gasteiger partial charge on any atom is -0.813 e. The van der Waals surface area contributed by atoms with E-state index in [1.165, 1.54) is 51.4 Å². The van der Waals surface area contributed by atoms with Crippen molar-refractivity contribution in [3.8, 4) is 0 Å². The summed E-state index contributed by atoms with van der Waals surface area (Å²) in [5.74, 6) is 2.03. The van der Waals surface area contributed by atoms with Crippen LogP contribution in [0.4, 0.5) is 0 Å². The number of thiol groups is 1. The Labute approximate surface area is 281 Å². The molecule has 4 heteroatoms. The topological polar surface area (TPSA) is 32.8 Å². The van der Waals surface area contributed by atoms with Gasteiger partial charge in [-0.05, 0) is 81.0 Å². The predicted molar refractivity (Wildman–Crippen MR) is 164 cm³/mol. The molecule has 0 bridgehead atoms. The van der Waals surface area contributed by atoms with Gasteiger partial charge in [0.25, 0.3) is 0 Å². The molecule has 3 aliphatic rings. The molecule has 0 amide bonds. The number of aliphatic hydroxyl groups is 1. The summed E-state index contributed by atoms with van der Waals surface area (Å²) in [6, 6.07) is 0. The zero-order chi connectivity index (χ0) is 26.3. The molecule has 0 aromatic rings. The van der Waals surface area contributed by atoms with Gasteiger partial charge in [-0.25, -0.2) is 0 Å². The first-order valence-electron chi connectivity index (χ1n) is 15.2. The fourth-order valence-corrected chi connectivity index (χ4v) is 5.65. The quantitative estimate of drug-likeness (QED) is 0.0865. The Morgan fingerprint density at radius 1 is 1.08 bits per heavy atom. The van der Waals surface area contributed by atoms with E-state index in [0.717, 1.165) is 32.3 Å². The summed E-state index contributed by atoms with van der Waals surface area (Å²) in [5.41, 5.74) is 2.12. The predicted octanol–water partition coefficient (Wildman–Crippen LogP) is 6.56. The van der Waals surface area contributed by atoms with Crippen molar-refractivity contribution in [2.45, 2.75) is 144 Å². The molecule has 37 heavy (non-hydrogen) atoms. The van der Waals surface area contributed by atoms with Crippen LogP contribution in [0.25, 0.3) is 0 Å². The molecule has 1 saturated heterocycles. The van der Waals surface area contributed by atoms with Gasteiger partial charge in [0, 0.05) is 0 Å². The number of rotatable bonds is 9. The van der Waals surface area contributed by atoms with Gasteiger partial charge in [0.05, 0.1) is 12.7 Å². The Hall–Kier alpha value is 1.13. The molecule has 1 N–H and O–H groups in total. The van der Waals surface area contributed by atoms with E-state index in [1.54, 1.807) is 5.57 Å². The van der Waals surface area contributed by atoms with Crippen molar-refractivity contribution in [3.05, 3.63) is 36.0 Å². The second-order valence-electron chi connectivity index (χ2n) is 11.4. The van der Waals surface area contributed by atoms with Crippen LogP contribution in [0.3, 0.4) is 0 Å². The van der Waals surface area contributed by atoms with Crippen molar-refractivity contribution in [3.63, 3.8) is 0 Å². The molecule has 1 aliphatic heterocycles. The zero-order valence-corrected chi connectivity index (χ0v) is 30.2. The molecular formula is C33H61KO2S. The molecule has 0 radical (unpaired) electrons. The second kappa shape index (κ2) is 21.8. The Morgan fingerprint density at radius 2 is 1.73 bits per heavy atom. The van der Waals surface area contributed by atoms with Crippen molar-refractivity contribution in [1.82, 2.24) is 0 Å². The van der Waals surface area contributed by atoms with Crippen LogP contribution in [0.2, 0.25) is 0 Å². The molecule has 2 nitrogen and oxygen atoms in total. The minimum atomic E-state index is -0.0549. The van der Waals surface area contributed by atoms with Crippen LogP contribution in [-0.4, -0.2) is 23.4 Å². The van der Waals surface area contributed by atoms with Crippen molar-refractivity contribution in [2.75, 3.05) is 6.61 Å². The zero-order valence-electron chi connectivity index (χ0n) is 26.2. The largest absolute Gasteiger partial charge is 1.00 e. The maximum absolute atomic E-state index is 9.97. The van der Waals surface area contributed by atoms with Gasteiger partial charge in [0.2, 0.25) is 0 Å². The number of ether oxygens (including phenoxy) is 1. The van der Waals surface area contributed by atoms with Crippen molar-refractivity contribution in [2.24, 2.45) is 23.2 Å².